The van der Waals surface area contributed by atoms with Crippen molar-refractivity contribution in [3.63, 3.8) is 0 Å². The fourth-order valence-corrected chi connectivity index (χ4v) is 4.43. The van der Waals surface area contributed by atoms with Gasteiger partial charge in [0.2, 0.25) is 10.0 Å². The zero-order valence-corrected chi connectivity index (χ0v) is 14.1. The predicted octanol–water partition coefficient (Wildman–Crippen LogP) is 2.29. The molecule has 6 nitrogen and oxygen atoms in total. The van der Waals surface area contributed by atoms with Gasteiger partial charge in [-0.15, -0.1) is 11.3 Å². The van der Waals surface area contributed by atoms with E-state index in [0.29, 0.717) is 10.8 Å². The molecule has 0 unspecified atom stereocenters. The predicted molar refractivity (Wildman–Crippen MR) is 89.7 cm³/mol. The number of pyridine rings is 1. The SMILES string of the molecule is Cc1ccc(S(=O)(=O)NCCn2ccc(-c3ccncc3)n2)s1. The van der Waals surface area contributed by atoms with Crippen LogP contribution in [0.25, 0.3) is 11.3 Å². The lowest BCUT2D eigenvalue weighted by Gasteiger charge is -2.05. The van der Waals surface area contributed by atoms with Gasteiger partial charge in [-0.1, -0.05) is 0 Å². The quantitative estimate of drug-likeness (QED) is 0.741. The lowest BCUT2D eigenvalue weighted by Crippen LogP contribution is -2.27. The molecule has 0 amide bonds. The molecule has 0 radical (unpaired) electrons. The molecule has 23 heavy (non-hydrogen) atoms. The zero-order valence-electron chi connectivity index (χ0n) is 12.5. The molecule has 120 valence electrons. The van der Waals surface area contributed by atoms with Crippen molar-refractivity contribution >= 4 is 21.4 Å². The number of aromatic nitrogens is 3. The smallest absolute Gasteiger partial charge is 0.250 e. The Labute approximate surface area is 138 Å². The fraction of sp³-hybridized carbons (Fsp3) is 0.200. The lowest BCUT2D eigenvalue weighted by molar-refractivity contribution is 0.563. The van der Waals surface area contributed by atoms with Crippen molar-refractivity contribution in [2.45, 2.75) is 17.7 Å². The number of hydrogen-bond acceptors (Lipinski definition) is 5. The van der Waals surface area contributed by atoms with Crippen molar-refractivity contribution in [1.29, 1.82) is 0 Å². The van der Waals surface area contributed by atoms with Crippen molar-refractivity contribution in [2.24, 2.45) is 0 Å². The molecule has 3 rings (SSSR count). The Hall–Kier alpha value is -2.03. The Morgan fingerprint density at radius 1 is 1.17 bits per heavy atom. The summed E-state index contributed by atoms with van der Waals surface area (Å²) in [5.41, 5.74) is 1.82. The zero-order chi connectivity index (χ0) is 16.3. The molecule has 0 atom stereocenters. The summed E-state index contributed by atoms with van der Waals surface area (Å²) in [5, 5.41) is 4.43. The van der Waals surface area contributed by atoms with Crippen molar-refractivity contribution in [1.82, 2.24) is 19.5 Å². The molecule has 0 aliphatic heterocycles. The topological polar surface area (TPSA) is 76.9 Å². The molecule has 3 heterocycles. The van der Waals surface area contributed by atoms with E-state index in [4.69, 9.17) is 0 Å². The standard InChI is InChI=1S/C15H16N4O2S2/c1-12-2-3-15(22-12)23(20,21)17-9-11-19-10-6-14(18-19)13-4-7-16-8-5-13/h2-8,10,17H,9,11H2,1H3. The summed E-state index contributed by atoms with van der Waals surface area (Å²) in [7, 11) is -3.44. The number of hydrogen-bond donors (Lipinski definition) is 1. The van der Waals surface area contributed by atoms with E-state index in [2.05, 4.69) is 14.8 Å². The van der Waals surface area contributed by atoms with Crippen LogP contribution in [0.4, 0.5) is 0 Å². The van der Waals surface area contributed by atoms with Gasteiger partial charge in [-0.3, -0.25) is 9.67 Å². The maximum atomic E-state index is 12.1. The molecule has 0 aromatic carbocycles. The summed E-state index contributed by atoms with van der Waals surface area (Å²) >= 11 is 1.26. The van der Waals surface area contributed by atoms with Crippen LogP contribution in [0, 0.1) is 6.92 Å². The van der Waals surface area contributed by atoms with Gasteiger partial charge >= 0.3 is 0 Å². The molecule has 3 aromatic rings. The molecule has 8 heteroatoms. The number of sulfonamides is 1. The molecule has 0 fully saturated rings. The van der Waals surface area contributed by atoms with Crippen LogP contribution >= 0.6 is 11.3 Å². The fourth-order valence-electron chi connectivity index (χ4n) is 2.09. The van der Waals surface area contributed by atoms with Gasteiger partial charge in [-0.05, 0) is 37.3 Å². The lowest BCUT2D eigenvalue weighted by atomic mass is 10.2. The summed E-state index contributed by atoms with van der Waals surface area (Å²) < 4.78 is 28.9. The normalized spacial score (nSPS) is 11.7. The highest BCUT2D eigenvalue weighted by Crippen LogP contribution is 2.20. The molecule has 0 aliphatic carbocycles. The van der Waals surface area contributed by atoms with Crippen LogP contribution in [-0.2, 0) is 16.6 Å². The number of nitrogens with one attached hydrogen (secondary N) is 1. The molecule has 0 saturated heterocycles. The van der Waals surface area contributed by atoms with E-state index in [1.54, 1.807) is 29.2 Å². The van der Waals surface area contributed by atoms with E-state index in [9.17, 15) is 8.42 Å². The summed E-state index contributed by atoms with van der Waals surface area (Å²) in [6, 6.07) is 9.08. The first-order valence-corrected chi connectivity index (χ1v) is 9.34. The van der Waals surface area contributed by atoms with Gasteiger partial charge in [0, 0.05) is 35.6 Å². The molecule has 0 saturated carbocycles. The third-order valence-corrected chi connectivity index (χ3v) is 6.18. The first-order chi connectivity index (χ1) is 11.0. The van der Waals surface area contributed by atoms with Crippen LogP contribution in [0.15, 0.2) is 53.1 Å². The average Bonchev–Trinajstić information content (AvgIpc) is 3.17. The van der Waals surface area contributed by atoms with Crippen molar-refractivity contribution in [2.75, 3.05) is 6.54 Å². The van der Waals surface area contributed by atoms with Crippen LogP contribution in [0.1, 0.15) is 4.88 Å². The maximum Gasteiger partial charge on any atom is 0.250 e. The minimum atomic E-state index is -3.44. The van der Waals surface area contributed by atoms with E-state index in [1.165, 1.54) is 11.3 Å². The summed E-state index contributed by atoms with van der Waals surface area (Å²) in [4.78, 5) is 4.95. The van der Waals surface area contributed by atoms with Gasteiger partial charge in [0.05, 0.1) is 12.2 Å². The first kappa shape index (κ1) is 15.9. The Kier molecular flexibility index (Phi) is 4.56. The van der Waals surface area contributed by atoms with Gasteiger partial charge in [-0.25, -0.2) is 13.1 Å². The average molecular weight is 348 g/mol. The van der Waals surface area contributed by atoms with E-state index in [0.717, 1.165) is 16.1 Å². The first-order valence-electron chi connectivity index (χ1n) is 7.04. The molecular formula is C15H16N4O2S2. The van der Waals surface area contributed by atoms with Gasteiger partial charge in [-0.2, -0.15) is 5.10 Å². The Morgan fingerprint density at radius 2 is 1.96 bits per heavy atom. The molecule has 0 spiro atoms. The summed E-state index contributed by atoms with van der Waals surface area (Å²) in [6.07, 6.45) is 5.26. The number of aryl methyl sites for hydroxylation is 1. The third kappa shape index (κ3) is 3.84. The molecule has 3 aromatic heterocycles. The van der Waals surface area contributed by atoms with E-state index in [1.807, 2.05) is 31.3 Å². The van der Waals surface area contributed by atoms with Gasteiger partial charge in [0.25, 0.3) is 0 Å². The van der Waals surface area contributed by atoms with Crippen LogP contribution < -0.4 is 4.72 Å². The summed E-state index contributed by atoms with van der Waals surface area (Å²) in [6.45, 7) is 2.64. The molecule has 1 N–H and O–H groups in total. The highest BCUT2D eigenvalue weighted by atomic mass is 32.2. The molecule has 0 bridgehead atoms. The number of nitrogens with zero attached hydrogens (tertiary/aromatic N) is 3. The Bertz CT molecular complexity index is 885. The minimum absolute atomic E-state index is 0.288. The van der Waals surface area contributed by atoms with Crippen molar-refractivity contribution in [3.05, 3.63) is 53.8 Å². The minimum Gasteiger partial charge on any atom is -0.271 e. The Balaban J connectivity index is 1.60. The Morgan fingerprint density at radius 3 is 2.65 bits per heavy atom. The van der Waals surface area contributed by atoms with E-state index >= 15 is 0 Å². The third-order valence-electron chi connectivity index (χ3n) is 3.23. The van der Waals surface area contributed by atoms with E-state index in [-0.39, 0.29) is 6.54 Å². The second-order valence-corrected chi connectivity index (χ2v) is 8.24. The number of rotatable bonds is 6. The van der Waals surface area contributed by atoms with Gasteiger partial charge in [0.15, 0.2) is 0 Å². The van der Waals surface area contributed by atoms with Gasteiger partial charge in [0.1, 0.15) is 4.21 Å². The summed E-state index contributed by atoms with van der Waals surface area (Å²) in [5.74, 6) is 0. The van der Waals surface area contributed by atoms with Crippen molar-refractivity contribution in [3.8, 4) is 11.3 Å². The van der Waals surface area contributed by atoms with Crippen molar-refractivity contribution < 1.29 is 8.42 Å². The second-order valence-electron chi connectivity index (χ2n) is 4.96. The maximum absolute atomic E-state index is 12.1. The number of thiophene rings is 1. The largest absolute Gasteiger partial charge is 0.271 e. The van der Waals surface area contributed by atoms with E-state index < -0.39 is 10.0 Å². The highest BCUT2D eigenvalue weighted by Gasteiger charge is 2.15. The van der Waals surface area contributed by atoms with Crippen LogP contribution in [0.5, 0.6) is 0 Å². The highest BCUT2D eigenvalue weighted by molar-refractivity contribution is 7.91. The van der Waals surface area contributed by atoms with Crippen LogP contribution in [0.2, 0.25) is 0 Å². The van der Waals surface area contributed by atoms with Gasteiger partial charge < -0.3 is 0 Å². The van der Waals surface area contributed by atoms with Crippen LogP contribution in [-0.4, -0.2) is 29.7 Å². The second kappa shape index (κ2) is 6.61. The van der Waals surface area contributed by atoms with Crippen LogP contribution in [0.3, 0.4) is 0 Å². The molecule has 0 aliphatic rings. The molecular weight excluding hydrogens is 332 g/mol. The monoisotopic (exact) mass is 348 g/mol.